The molecule has 2 aromatic rings. The molecule has 8 heteroatoms. The van der Waals surface area contributed by atoms with Gasteiger partial charge in [0.2, 0.25) is 10.0 Å². The second-order valence-corrected chi connectivity index (χ2v) is 8.25. The van der Waals surface area contributed by atoms with Crippen molar-refractivity contribution < 1.29 is 23.1 Å². The van der Waals surface area contributed by atoms with E-state index >= 15 is 0 Å². The van der Waals surface area contributed by atoms with E-state index in [-0.39, 0.29) is 10.5 Å². The van der Waals surface area contributed by atoms with Crippen LogP contribution < -0.4 is 10.0 Å². The number of sulfonamides is 1. The van der Waals surface area contributed by atoms with E-state index in [0.717, 1.165) is 12.8 Å². The number of amides is 1. The summed E-state index contributed by atoms with van der Waals surface area (Å²) in [7, 11) is -3.71. The SMILES string of the molecule is O=C(NC(C(=O)O)c1ccccc1)c1cccc(S(=O)(=O)NCC2CC2)c1. The van der Waals surface area contributed by atoms with Crippen LogP contribution in [0.15, 0.2) is 59.5 Å². The summed E-state index contributed by atoms with van der Waals surface area (Å²) < 4.78 is 27.2. The molecular weight excluding hydrogens is 368 g/mol. The third kappa shape index (κ3) is 4.93. The van der Waals surface area contributed by atoms with Crippen molar-refractivity contribution in [2.75, 3.05) is 6.54 Å². The Kier molecular flexibility index (Phi) is 5.57. The summed E-state index contributed by atoms with van der Waals surface area (Å²) >= 11 is 0. The van der Waals surface area contributed by atoms with Crippen molar-refractivity contribution in [2.45, 2.75) is 23.8 Å². The van der Waals surface area contributed by atoms with Crippen LogP contribution in [0, 0.1) is 5.92 Å². The highest BCUT2D eigenvalue weighted by Crippen LogP contribution is 2.28. The average Bonchev–Trinajstić information content (AvgIpc) is 3.49. The van der Waals surface area contributed by atoms with Crippen molar-refractivity contribution in [1.82, 2.24) is 10.0 Å². The molecule has 7 nitrogen and oxygen atoms in total. The Morgan fingerprint density at radius 2 is 1.78 bits per heavy atom. The number of carboxylic acid groups (broad SMARTS) is 1. The molecule has 0 spiro atoms. The second kappa shape index (κ2) is 7.89. The van der Waals surface area contributed by atoms with Crippen molar-refractivity contribution in [3.05, 3.63) is 65.7 Å². The Balaban J connectivity index is 1.77. The number of hydrogen-bond donors (Lipinski definition) is 3. The van der Waals surface area contributed by atoms with Gasteiger partial charge in [0.15, 0.2) is 6.04 Å². The molecule has 0 heterocycles. The fourth-order valence-electron chi connectivity index (χ4n) is 2.58. The van der Waals surface area contributed by atoms with Crippen LogP contribution in [0.4, 0.5) is 0 Å². The molecule has 0 aliphatic heterocycles. The Morgan fingerprint density at radius 1 is 1.07 bits per heavy atom. The molecule has 2 aromatic carbocycles. The second-order valence-electron chi connectivity index (χ2n) is 6.48. The molecule has 0 radical (unpaired) electrons. The topological polar surface area (TPSA) is 113 Å². The van der Waals surface area contributed by atoms with Crippen molar-refractivity contribution in [3.8, 4) is 0 Å². The van der Waals surface area contributed by atoms with Gasteiger partial charge in [-0.15, -0.1) is 0 Å². The van der Waals surface area contributed by atoms with Crippen LogP contribution in [0.25, 0.3) is 0 Å². The van der Waals surface area contributed by atoms with E-state index in [1.165, 1.54) is 24.3 Å². The minimum atomic E-state index is -3.71. The lowest BCUT2D eigenvalue weighted by atomic mass is 10.1. The number of hydrogen-bond acceptors (Lipinski definition) is 4. The molecule has 1 fully saturated rings. The molecule has 0 bridgehead atoms. The lowest BCUT2D eigenvalue weighted by Crippen LogP contribution is -2.34. The van der Waals surface area contributed by atoms with Crippen molar-refractivity contribution in [1.29, 1.82) is 0 Å². The quantitative estimate of drug-likeness (QED) is 0.640. The predicted octanol–water partition coefficient (Wildman–Crippen LogP) is 1.93. The van der Waals surface area contributed by atoms with E-state index in [1.54, 1.807) is 30.3 Å². The lowest BCUT2D eigenvalue weighted by Gasteiger charge is -2.15. The first-order valence-electron chi connectivity index (χ1n) is 8.55. The van der Waals surface area contributed by atoms with Gasteiger partial charge >= 0.3 is 5.97 Å². The van der Waals surface area contributed by atoms with Crippen LogP contribution in [0.1, 0.15) is 34.8 Å². The third-order valence-corrected chi connectivity index (χ3v) is 5.74. The molecular formula is C19H20N2O5S. The number of carbonyl (C=O) groups is 2. The van der Waals surface area contributed by atoms with E-state index in [4.69, 9.17) is 0 Å². The molecule has 0 aromatic heterocycles. The van der Waals surface area contributed by atoms with Gasteiger partial charge in [-0.2, -0.15) is 0 Å². The van der Waals surface area contributed by atoms with E-state index in [2.05, 4.69) is 10.0 Å². The lowest BCUT2D eigenvalue weighted by molar-refractivity contribution is -0.139. The first-order valence-corrected chi connectivity index (χ1v) is 10.0. The molecule has 3 N–H and O–H groups in total. The zero-order chi connectivity index (χ0) is 19.4. The largest absolute Gasteiger partial charge is 0.479 e. The highest BCUT2D eigenvalue weighted by molar-refractivity contribution is 7.89. The summed E-state index contributed by atoms with van der Waals surface area (Å²) in [6.45, 7) is 0.383. The van der Waals surface area contributed by atoms with Crippen LogP contribution in [0.5, 0.6) is 0 Å². The van der Waals surface area contributed by atoms with Gasteiger partial charge in [-0.1, -0.05) is 36.4 Å². The van der Waals surface area contributed by atoms with Crippen LogP contribution in [-0.2, 0) is 14.8 Å². The van der Waals surface area contributed by atoms with E-state index in [0.29, 0.717) is 18.0 Å². The fourth-order valence-corrected chi connectivity index (χ4v) is 3.75. The maximum absolute atomic E-state index is 12.5. The molecule has 1 saturated carbocycles. The maximum Gasteiger partial charge on any atom is 0.330 e. The molecule has 27 heavy (non-hydrogen) atoms. The summed E-state index contributed by atoms with van der Waals surface area (Å²) in [5.74, 6) is -1.48. The zero-order valence-electron chi connectivity index (χ0n) is 14.5. The molecule has 0 saturated heterocycles. The van der Waals surface area contributed by atoms with Gasteiger partial charge < -0.3 is 10.4 Å². The Hall–Kier alpha value is -2.71. The number of aliphatic carboxylic acids is 1. The zero-order valence-corrected chi connectivity index (χ0v) is 15.3. The summed E-state index contributed by atoms with van der Waals surface area (Å²) in [5, 5.41) is 11.8. The number of carbonyl (C=O) groups excluding carboxylic acids is 1. The van der Waals surface area contributed by atoms with Crippen LogP contribution in [0.2, 0.25) is 0 Å². The van der Waals surface area contributed by atoms with Gasteiger partial charge in [0, 0.05) is 12.1 Å². The van der Waals surface area contributed by atoms with E-state index in [9.17, 15) is 23.1 Å². The summed E-state index contributed by atoms with van der Waals surface area (Å²) in [6, 6.07) is 12.6. The smallest absolute Gasteiger partial charge is 0.330 e. The molecule has 1 aliphatic carbocycles. The molecule has 1 amide bonds. The van der Waals surface area contributed by atoms with Crippen molar-refractivity contribution in [3.63, 3.8) is 0 Å². The molecule has 1 atom stereocenters. The first kappa shape index (κ1) is 19.1. The van der Waals surface area contributed by atoms with Crippen molar-refractivity contribution in [2.24, 2.45) is 5.92 Å². The number of benzene rings is 2. The Morgan fingerprint density at radius 3 is 2.41 bits per heavy atom. The van der Waals surface area contributed by atoms with Crippen LogP contribution in [0.3, 0.4) is 0 Å². The van der Waals surface area contributed by atoms with Crippen LogP contribution >= 0.6 is 0 Å². The minimum absolute atomic E-state index is 0.0256. The highest BCUT2D eigenvalue weighted by atomic mass is 32.2. The normalized spacial score (nSPS) is 15.1. The van der Waals surface area contributed by atoms with E-state index < -0.39 is 27.9 Å². The molecule has 1 unspecified atom stereocenters. The molecule has 3 rings (SSSR count). The number of nitrogens with one attached hydrogen (secondary N) is 2. The Labute approximate surface area is 157 Å². The monoisotopic (exact) mass is 388 g/mol. The number of rotatable bonds is 8. The molecule has 142 valence electrons. The predicted molar refractivity (Wildman–Crippen MR) is 98.6 cm³/mol. The summed E-state index contributed by atoms with van der Waals surface area (Å²) in [5.41, 5.74) is 0.500. The maximum atomic E-state index is 12.5. The third-order valence-electron chi connectivity index (χ3n) is 4.32. The van der Waals surface area contributed by atoms with Gasteiger partial charge in [-0.3, -0.25) is 4.79 Å². The van der Waals surface area contributed by atoms with Gasteiger partial charge in [-0.25, -0.2) is 17.9 Å². The number of carboxylic acids is 1. The standard InChI is InChI=1S/C19H20N2O5S/c22-18(21-17(19(23)24)14-5-2-1-3-6-14)15-7-4-8-16(11-15)27(25,26)20-12-13-9-10-13/h1-8,11,13,17,20H,9-10,12H2,(H,21,22)(H,23,24). The summed E-state index contributed by atoms with van der Waals surface area (Å²) in [4.78, 5) is 24.0. The summed E-state index contributed by atoms with van der Waals surface area (Å²) in [6.07, 6.45) is 2.03. The molecule has 1 aliphatic rings. The van der Waals surface area contributed by atoms with Gasteiger partial charge in [0.05, 0.1) is 4.90 Å². The Bertz CT molecular complexity index is 940. The van der Waals surface area contributed by atoms with E-state index in [1.807, 2.05) is 0 Å². The van der Waals surface area contributed by atoms with Crippen molar-refractivity contribution >= 4 is 21.9 Å². The highest BCUT2D eigenvalue weighted by Gasteiger charge is 2.26. The fraction of sp³-hybridized carbons (Fsp3) is 0.263. The minimum Gasteiger partial charge on any atom is -0.479 e. The van der Waals surface area contributed by atoms with Crippen LogP contribution in [-0.4, -0.2) is 31.9 Å². The van der Waals surface area contributed by atoms with Gasteiger partial charge in [0.25, 0.3) is 5.91 Å². The average molecular weight is 388 g/mol. The first-order chi connectivity index (χ1) is 12.9. The van der Waals surface area contributed by atoms with Gasteiger partial charge in [0.1, 0.15) is 0 Å². The van der Waals surface area contributed by atoms with Gasteiger partial charge in [-0.05, 0) is 42.5 Å².